The van der Waals surface area contributed by atoms with Gasteiger partial charge in [-0.2, -0.15) is 0 Å². The summed E-state index contributed by atoms with van der Waals surface area (Å²) in [7, 11) is 5.30. The topological polar surface area (TPSA) is 168 Å². The Bertz CT molecular complexity index is 1520. The molecule has 3 aromatic carbocycles. The molecule has 0 radical (unpaired) electrons. The van der Waals surface area contributed by atoms with E-state index in [2.05, 4.69) is 60.3 Å². The minimum atomic E-state index is -0.297. The number of hydrogen-bond acceptors (Lipinski definition) is 11. The molecule has 1 amide bonds. The number of carbonyl (C=O) groups is 2. The maximum absolute atomic E-state index is 13.6. The monoisotopic (exact) mass is 777 g/mol. The van der Waals surface area contributed by atoms with E-state index in [-0.39, 0.29) is 29.8 Å². The summed E-state index contributed by atoms with van der Waals surface area (Å²) >= 11 is 0. The van der Waals surface area contributed by atoms with Crippen LogP contribution in [0.5, 0.6) is 11.5 Å². The lowest BCUT2D eigenvalue weighted by Gasteiger charge is -2.42. The summed E-state index contributed by atoms with van der Waals surface area (Å²) in [6.07, 6.45) is 4.22. The van der Waals surface area contributed by atoms with Gasteiger partial charge in [0, 0.05) is 62.9 Å². The van der Waals surface area contributed by atoms with E-state index in [1.54, 1.807) is 24.3 Å². The number of rotatable bonds is 6. The number of allylic oxidation sites excluding steroid dienone is 1. The zero-order valence-corrected chi connectivity index (χ0v) is 34.4. The third-order valence-corrected chi connectivity index (χ3v) is 6.66. The molecule has 15 heteroatoms. The molecule has 0 saturated carbocycles. The first-order valence-electron chi connectivity index (χ1n) is 17.7. The molecule has 12 nitrogen and oxygen atoms in total. The quantitative estimate of drug-likeness (QED) is 0.0748. The van der Waals surface area contributed by atoms with Gasteiger partial charge < -0.3 is 36.7 Å². The molecule has 3 aromatic rings. The summed E-state index contributed by atoms with van der Waals surface area (Å²) in [5.74, 6) is 0.865. The smallest absolute Gasteiger partial charge is 0.302 e. The van der Waals surface area contributed by atoms with Gasteiger partial charge in [-0.15, -0.1) is 9.24 Å². The second kappa shape index (κ2) is 31.9. The highest BCUT2D eigenvalue weighted by molar-refractivity contribution is 7.15. The average Bonchev–Trinajstić information content (AvgIpc) is 3.19. The van der Waals surface area contributed by atoms with Crippen molar-refractivity contribution < 1.29 is 33.0 Å². The van der Waals surface area contributed by atoms with Gasteiger partial charge in [-0.05, 0) is 61.5 Å². The van der Waals surface area contributed by atoms with Crippen molar-refractivity contribution in [2.45, 2.75) is 54.4 Å². The number of piperazine rings is 1. The van der Waals surface area contributed by atoms with Gasteiger partial charge in [-0.1, -0.05) is 47.4 Å². The number of amides is 1. The average molecular weight is 778 g/mol. The fourth-order valence-corrected chi connectivity index (χ4v) is 4.47. The summed E-state index contributed by atoms with van der Waals surface area (Å²) in [4.78, 5) is 22.9. The van der Waals surface area contributed by atoms with Crippen molar-refractivity contribution in [1.82, 2.24) is 15.3 Å². The van der Waals surface area contributed by atoms with Crippen LogP contribution in [0.15, 0.2) is 71.7 Å². The van der Waals surface area contributed by atoms with Gasteiger partial charge in [0.05, 0.1) is 31.3 Å². The molecule has 0 aromatic heterocycles. The van der Waals surface area contributed by atoms with Crippen LogP contribution in [0.25, 0.3) is 5.70 Å². The molecule has 1 saturated heterocycles. The van der Waals surface area contributed by atoms with E-state index in [4.69, 9.17) is 20.3 Å². The molecule has 5 rings (SSSR count). The number of aliphatic imine (C=N–C) groups is 1. The van der Waals surface area contributed by atoms with E-state index >= 15 is 0 Å². The third-order valence-electron chi connectivity index (χ3n) is 6.66. The standard InChI is InChI=1S/C17H23FN4.C13H12FNO2.C3H6O2.C2H7N.C2H6.CH3NO.CH5P/c1-3-5-16-14-7-6-13(18)12-15(14)20-17(4-2)22(16)21-10-8-19-9-11-21;1-17-11-6-7-12(13(16)8-11)15-10-4-2-9(14)3-5-10;1-3(4)5-2;1-2-3;1-2;2-1-3;1-2/h5-7,12,19H,3-4,8-11H2,1-2H3;2-8,15-16H,1H3;1-2H3;2-3H2,1H3;1-2H3;1H,(H2,2,3);2H2,1H3/b16-5+;;;;;;. The molecular weight excluding hydrogens is 715 g/mol. The second-order valence-electron chi connectivity index (χ2n) is 10.3. The number of esters is 1. The van der Waals surface area contributed by atoms with E-state index < -0.39 is 0 Å². The van der Waals surface area contributed by atoms with E-state index in [1.165, 1.54) is 51.5 Å². The number of primary amides is 1. The number of nitrogens with zero attached hydrogens (tertiary/aromatic N) is 3. The number of phenolic OH excluding ortho intramolecular Hbond substituents is 1. The molecule has 302 valence electrons. The first-order chi connectivity index (χ1) is 26.0. The van der Waals surface area contributed by atoms with Crippen LogP contribution in [0.4, 0.5) is 25.8 Å². The highest BCUT2D eigenvalue weighted by atomic mass is 31.0. The maximum Gasteiger partial charge on any atom is 0.302 e. The van der Waals surface area contributed by atoms with Crippen LogP contribution in [0.1, 0.15) is 59.9 Å². The number of benzene rings is 3. The number of phenols is 1. The minimum Gasteiger partial charge on any atom is -0.506 e. The van der Waals surface area contributed by atoms with Crippen molar-refractivity contribution in [2.75, 3.05) is 58.9 Å². The number of nitrogens with one attached hydrogen (secondary N) is 2. The van der Waals surface area contributed by atoms with Crippen LogP contribution in [-0.2, 0) is 14.3 Å². The number of hydrogen-bond donors (Lipinski definition) is 5. The SMILES string of the molecule is CC.CC/C=C1\c2ccc(F)cc2N=C(CC)N1N1CCNCC1.CCN.COC(C)=O.COc1ccc(Nc2ccc(F)cc2)c(O)c1.CP.NC=O. The molecule has 0 bridgehead atoms. The molecule has 7 N–H and O–H groups in total. The Balaban J connectivity index is 0. The molecule has 0 aliphatic carbocycles. The van der Waals surface area contributed by atoms with Crippen LogP contribution in [0.3, 0.4) is 0 Å². The molecule has 54 heavy (non-hydrogen) atoms. The van der Waals surface area contributed by atoms with Gasteiger partial charge in [0.25, 0.3) is 0 Å². The van der Waals surface area contributed by atoms with Crippen LogP contribution >= 0.6 is 9.24 Å². The van der Waals surface area contributed by atoms with Gasteiger partial charge >= 0.3 is 5.97 Å². The Labute approximate surface area is 323 Å². The molecule has 2 heterocycles. The summed E-state index contributed by atoms with van der Waals surface area (Å²) < 4.78 is 35.4. The number of amidine groups is 1. The van der Waals surface area contributed by atoms with E-state index in [0.29, 0.717) is 17.1 Å². The van der Waals surface area contributed by atoms with Gasteiger partial charge in [-0.25, -0.2) is 18.8 Å². The lowest BCUT2D eigenvalue weighted by Crippen LogP contribution is -2.54. The van der Waals surface area contributed by atoms with Gasteiger partial charge in [0.1, 0.15) is 29.0 Å². The number of carbonyl (C=O) groups excluding carboxylic acids is 2. The van der Waals surface area contributed by atoms with Crippen molar-refractivity contribution in [3.63, 3.8) is 0 Å². The van der Waals surface area contributed by atoms with Crippen molar-refractivity contribution in [2.24, 2.45) is 16.5 Å². The summed E-state index contributed by atoms with van der Waals surface area (Å²) in [6, 6.07) is 15.7. The van der Waals surface area contributed by atoms with Crippen LogP contribution in [0, 0.1) is 11.6 Å². The Morgan fingerprint density at radius 2 is 1.54 bits per heavy atom. The van der Waals surface area contributed by atoms with Gasteiger partial charge in [0.2, 0.25) is 6.41 Å². The zero-order chi connectivity index (χ0) is 41.5. The highest BCUT2D eigenvalue weighted by Crippen LogP contribution is 2.37. The third kappa shape index (κ3) is 19.5. The van der Waals surface area contributed by atoms with E-state index in [1.807, 2.05) is 33.5 Å². The number of ether oxygens (including phenoxy) is 2. The predicted octanol–water partition coefficient (Wildman–Crippen LogP) is 7.20. The zero-order valence-electron chi connectivity index (χ0n) is 33.3. The lowest BCUT2D eigenvalue weighted by molar-refractivity contribution is -0.137. The lowest BCUT2D eigenvalue weighted by atomic mass is 10.1. The number of hydrazine groups is 1. The second-order valence-corrected chi connectivity index (χ2v) is 10.3. The van der Waals surface area contributed by atoms with Crippen molar-refractivity contribution in [3.05, 3.63) is 83.9 Å². The van der Waals surface area contributed by atoms with Crippen LogP contribution < -0.4 is 26.8 Å². The number of halogens is 2. The number of methoxy groups -OCH3 is 2. The van der Waals surface area contributed by atoms with Crippen LogP contribution in [0.2, 0.25) is 0 Å². The molecule has 2 aliphatic heterocycles. The fourth-order valence-electron chi connectivity index (χ4n) is 4.47. The fraction of sp³-hybridized carbons (Fsp3) is 0.410. The Kier molecular flexibility index (Phi) is 30.4. The molecule has 1 fully saturated rings. The molecule has 1 unspecified atom stereocenters. The molecular formula is C39H62F2N7O5P. The Morgan fingerprint density at radius 1 is 1.00 bits per heavy atom. The maximum atomic E-state index is 13.6. The predicted molar refractivity (Wildman–Crippen MR) is 222 cm³/mol. The molecule has 0 spiro atoms. The number of fused-ring (bicyclic) bond motifs is 1. The molecule has 1 atom stereocenters. The number of anilines is 2. The van der Waals surface area contributed by atoms with Gasteiger partial charge in [0.15, 0.2) is 0 Å². The van der Waals surface area contributed by atoms with Crippen molar-refractivity contribution in [1.29, 1.82) is 0 Å². The van der Waals surface area contributed by atoms with Crippen molar-refractivity contribution >= 4 is 50.2 Å². The Morgan fingerprint density at radius 3 is 2.00 bits per heavy atom. The highest BCUT2D eigenvalue weighted by Gasteiger charge is 2.29. The first kappa shape index (κ1) is 51.5. The number of aromatic hydroxyl groups is 1. The van der Waals surface area contributed by atoms with Crippen molar-refractivity contribution in [3.8, 4) is 11.5 Å². The summed E-state index contributed by atoms with van der Waals surface area (Å²) in [5, 5.41) is 20.7. The van der Waals surface area contributed by atoms with Gasteiger partial charge in [-0.3, -0.25) is 14.6 Å². The van der Waals surface area contributed by atoms with Crippen LogP contribution in [-0.4, -0.2) is 86.9 Å². The molecule has 2 aliphatic rings. The first-order valence-corrected chi connectivity index (χ1v) is 18.9. The van der Waals surface area contributed by atoms with E-state index in [9.17, 15) is 18.7 Å². The van der Waals surface area contributed by atoms with E-state index in [0.717, 1.165) is 68.3 Å². The largest absolute Gasteiger partial charge is 0.506 e. The minimum absolute atomic E-state index is 0.0775. The normalized spacial score (nSPS) is 13.1. The summed E-state index contributed by atoms with van der Waals surface area (Å²) in [6.45, 7) is 18.0. The number of nitrogens with two attached hydrogens (primary N) is 2. The Hall–Kier alpha value is -4.62. The summed E-state index contributed by atoms with van der Waals surface area (Å²) in [5.41, 5.74) is 13.1.